The Morgan fingerprint density at radius 3 is 2.83 bits per heavy atom. The third kappa shape index (κ3) is 6.34. The van der Waals surface area contributed by atoms with E-state index in [2.05, 4.69) is 40.7 Å². The van der Waals surface area contributed by atoms with Crippen LogP contribution in [-0.2, 0) is 6.54 Å². The molecule has 128 valence electrons. The molecule has 2 aromatic heterocycles. The van der Waals surface area contributed by atoms with E-state index in [-0.39, 0.29) is 28.7 Å². The molecule has 2 rings (SSSR count). The maximum Gasteiger partial charge on any atom is 0.236 e. The SMILES string of the molecule is CN=C(NCc1coc(-c2cccs2)n1)NCC(C)(C)SC.I. The van der Waals surface area contributed by atoms with E-state index in [1.165, 1.54) is 0 Å². The molecule has 0 aliphatic heterocycles. The number of thiophene rings is 1. The Kier molecular flexibility index (Phi) is 8.41. The number of nitrogens with one attached hydrogen (secondary N) is 2. The van der Waals surface area contributed by atoms with Crippen molar-refractivity contribution in [1.82, 2.24) is 15.6 Å². The van der Waals surface area contributed by atoms with E-state index < -0.39 is 0 Å². The number of nitrogens with zero attached hydrogens (tertiary/aromatic N) is 2. The lowest BCUT2D eigenvalue weighted by molar-refractivity contribution is 0.573. The largest absolute Gasteiger partial charge is 0.443 e. The van der Waals surface area contributed by atoms with Gasteiger partial charge in [-0.3, -0.25) is 4.99 Å². The fraction of sp³-hybridized carbons (Fsp3) is 0.467. The van der Waals surface area contributed by atoms with Crippen molar-refractivity contribution in [3.8, 4) is 10.8 Å². The molecule has 0 aliphatic carbocycles. The summed E-state index contributed by atoms with van der Waals surface area (Å²) in [7, 11) is 1.77. The van der Waals surface area contributed by atoms with Crippen molar-refractivity contribution in [3.05, 3.63) is 29.5 Å². The Morgan fingerprint density at radius 2 is 2.22 bits per heavy atom. The maximum atomic E-state index is 5.50. The van der Waals surface area contributed by atoms with E-state index >= 15 is 0 Å². The summed E-state index contributed by atoms with van der Waals surface area (Å²) in [5, 5.41) is 8.59. The highest BCUT2D eigenvalue weighted by Gasteiger charge is 2.16. The maximum absolute atomic E-state index is 5.50. The smallest absolute Gasteiger partial charge is 0.236 e. The van der Waals surface area contributed by atoms with Gasteiger partial charge in [-0.05, 0) is 31.5 Å². The van der Waals surface area contributed by atoms with Crippen molar-refractivity contribution in [1.29, 1.82) is 0 Å². The van der Waals surface area contributed by atoms with Crippen LogP contribution in [0.15, 0.2) is 33.2 Å². The van der Waals surface area contributed by atoms with Crippen molar-refractivity contribution in [2.45, 2.75) is 25.1 Å². The first kappa shape index (κ1) is 20.3. The second kappa shape index (κ2) is 9.53. The molecule has 0 aliphatic rings. The molecule has 0 saturated heterocycles. The van der Waals surface area contributed by atoms with Crippen LogP contribution in [0.1, 0.15) is 19.5 Å². The molecule has 0 spiro atoms. The zero-order valence-electron chi connectivity index (χ0n) is 13.8. The summed E-state index contributed by atoms with van der Waals surface area (Å²) in [6, 6.07) is 3.99. The van der Waals surface area contributed by atoms with Crippen LogP contribution in [0.2, 0.25) is 0 Å². The molecule has 0 fully saturated rings. The number of halogens is 1. The van der Waals surface area contributed by atoms with Gasteiger partial charge in [0.05, 0.1) is 17.1 Å². The van der Waals surface area contributed by atoms with Crippen molar-refractivity contribution < 1.29 is 4.42 Å². The molecule has 5 nitrogen and oxygen atoms in total. The van der Waals surface area contributed by atoms with Gasteiger partial charge in [0, 0.05) is 18.3 Å². The van der Waals surface area contributed by atoms with E-state index in [1.54, 1.807) is 24.6 Å². The molecule has 0 unspecified atom stereocenters. The Bertz CT molecular complexity index is 611. The molecule has 0 bridgehead atoms. The summed E-state index contributed by atoms with van der Waals surface area (Å²) < 4.78 is 5.67. The summed E-state index contributed by atoms with van der Waals surface area (Å²) in [5.74, 6) is 1.43. The summed E-state index contributed by atoms with van der Waals surface area (Å²) in [6.45, 7) is 5.81. The van der Waals surface area contributed by atoms with Gasteiger partial charge in [0.25, 0.3) is 0 Å². The number of rotatable bonds is 6. The van der Waals surface area contributed by atoms with Crippen molar-refractivity contribution in [2.75, 3.05) is 19.8 Å². The first-order chi connectivity index (χ1) is 10.5. The lowest BCUT2D eigenvalue weighted by Gasteiger charge is -2.23. The van der Waals surface area contributed by atoms with E-state index in [0.29, 0.717) is 12.4 Å². The summed E-state index contributed by atoms with van der Waals surface area (Å²) in [6.07, 6.45) is 3.79. The van der Waals surface area contributed by atoms with Gasteiger partial charge >= 0.3 is 0 Å². The highest BCUT2D eigenvalue weighted by atomic mass is 127. The number of thioether (sulfide) groups is 1. The molecule has 2 N–H and O–H groups in total. The van der Waals surface area contributed by atoms with Gasteiger partial charge < -0.3 is 15.1 Å². The van der Waals surface area contributed by atoms with E-state index in [1.807, 2.05) is 29.3 Å². The third-order valence-electron chi connectivity index (χ3n) is 3.18. The molecule has 0 amide bonds. The first-order valence-corrected chi connectivity index (χ1v) is 9.12. The minimum atomic E-state index is 0. The van der Waals surface area contributed by atoms with Gasteiger partial charge in [0.1, 0.15) is 6.26 Å². The monoisotopic (exact) mass is 466 g/mol. The average molecular weight is 466 g/mol. The van der Waals surface area contributed by atoms with Gasteiger partial charge in [-0.15, -0.1) is 35.3 Å². The first-order valence-electron chi connectivity index (χ1n) is 7.02. The minimum absolute atomic E-state index is 0. The topological polar surface area (TPSA) is 62.5 Å². The highest BCUT2D eigenvalue weighted by Crippen LogP contribution is 2.23. The standard InChI is InChI=1S/C15H22N4OS2.HI/c1-15(2,21-4)10-18-14(16-3)17-8-11-9-20-13(19-11)12-6-5-7-22-12;/h5-7,9H,8,10H2,1-4H3,(H2,16,17,18);1H. The Balaban J connectivity index is 0.00000264. The molecule has 2 heterocycles. The van der Waals surface area contributed by atoms with Crippen LogP contribution >= 0.6 is 47.1 Å². The molecule has 2 aromatic rings. The number of aliphatic imine (C=N–C) groups is 1. The van der Waals surface area contributed by atoms with Crippen LogP contribution in [0.4, 0.5) is 0 Å². The molecule has 0 saturated carbocycles. The van der Waals surface area contributed by atoms with Gasteiger partial charge in [-0.1, -0.05) is 6.07 Å². The number of aromatic nitrogens is 1. The zero-order chi connectivity index (χ0) is 16.0. The second-order valence-electron chi connectivity index (χ2n) is 5.36. The fourth-order valence-electron chi connectivity index (χ4n) is 1.67. The van der Waals surface area contributed by atoms with Crippen molar-refractivity contribution in [2.24, 2.45) is 4.99 Å². The van der Waals surface area contributed by atoms with E-state index in [4.69, 9.17) is 4.42 Å². The molecular weight excluding hydrogens is 443 g/mol. The third-order valence-corrected chi connectivity index (χ3v) is 5.29. The van der Waals surface area contributed by atoms with E-state index in [9.17, 15) is 0 Å². The van der Waals surface area contributed by atoms with Crippen LogP contribution in [0.25, 0.3) is 10.8 Å². The van der Waals surface area contributed by atoms with Gasteiger partial charge in [-0.25, -0.2) is 4.98 Å². The molecule has 23 heavy (non-hydrogen) atoms. The summed E-state index contributed by atoms with van der Waals surface area (Å²) >= 11 is 3.44. The predicted octanol–water partition coefficient (Wildman–Crippen LogP) is 3.83. The number of hydrogen-bond donors (Lipinski definition) is 2. The zero-order valence-corrected chi connectivity index (χ0v) is 17.7. The molecule has 0 atom stereocenters. The van der Waals surface area contributed by atoms with Crippen LogP contribution in [0.5, 0.6) is 0 Å². The van der Waals surface area contributed by atoms with Gasteiger partial charge in [0.2, 0.25) is 5.89 Å². The lowest BCUT2D eigenvalue weighted by atomic mass is 10.2. The number of guanidine groups is 1. The minimum Gasteiger partial charge on any atom is -0.443 e. The normalized spacial score (nSPS) is 11.9. The number of hydrogen-bond acceptors (Lipinski definition) is 5. The molecule has 8 heteroatoms. The van der Waals surface area contributed by atoms with Crippen molar-refractivity contribution >= 4 is 53.0 Å². The van der Waals surface area contributed by atoms with Crippen LogP contribution in [-0.4, -0.2) is 35.5 Å². The summed E-state index contributed by atoms with van der Waals surface area (Å²) in [4.78, 5) is 9.74. The predicted molar refractivity (Wildman–Crippen MR) is 111 cm³/mol. The van der Waals surface area contributed by atoms with Gasteiger partial charge in [-0.2, -0.15) is 11.8 Å². The summed E-state index contributed by atoms with van der Waals surface area (Å²) in [5.41, 5.74) is 0.857. The molecule has 0 radical (unpaired) electrons. The lowest BCUT2D eigenvalue weighted by Crippen LogP contribution is -2.43. The quantitative estimate of drug-likeness (QED) is 0.385. The van der Waals surface area contributed by atoms with Crippen LogP contribution in [0.3, 0.4) is 0 Å². The second-order valence-corrected chi connectivity index (χ2v) is 7.83. The van der Waals surface area contributed by atoms with E-state index in [0.717, 1.165) is 23.1 Å². The van der Waals surface area contributed by atoms with Crippen LogP contribution < -0.4 is 10.6 Å². The highest BCUT2D eigenvalue weighted by molar-refractivity contribution is 14.0. The van der Waals surface area contributed by atoms with Gasteiger partial charge in [0.15, 0.2) is 5.96 Å². The molecular formula is C15H23IN4OS2. The Hall–Kier alpha value is -0.740. The average Bonchev–Trinajstić information content (AvgIpc) is 3.18. The fourth-order valence-corrected chi connectivity index (χ4v) is 2.54. The van der Waals surface area contributed by atoms with Crippen molar-refractivity contribution in [3.63, 3.8) is 0 Å². The van der Waals surface area contributed by atoms with Crippen LogP contribution in [0, 0.1) is 0 Å². The number of oxazole rings is 1. The Morgan fingerprint density at radius 1 is 1.43 bits per heavy atom. The Labute approximate surface area is 162 Å². The molecule has 0 aromatic carbocycles.